The number of carbonyl (C=O) groups is 2. The third kappa shape index (κ3) is 7.18. The van der Waals surface area contributed by atoms with Crippen molar-refractivity contribution in [2.45, 2.75) is 6.92 Å². The summed E-state index contributed by atoms with van der Waals surface area (Å²) in [7, 11) is -4.73. The van der Waals surface area contributed by atoms with E-state index in [1.807, 2.05) is 11.8 Å². The molecule has 1 aromatic heterocycles. The molecule has 0 N–H and O–H groups in total. The Morgan fingerprint density at radius 2 is 1.70 bits per heavy atom. The molecular weight excluding hydrogens is 551 g/mol. The first-order valence-corrected chi connectivity index (χ1v) is 13.1. The van der Waals surface area contributed by atoms with Gasteiger partial charge in [-0.05, 0) is 37.3 Å². The third-order valence-electron chi connectivity index (χ3n) is 5.22. The van der Waals surface area contributed by atoms with E-state index in [4.69, 9.17) is 11.6 Å². The number of benzene rings is 2. The maximum absolute atomic E-state index is 12.6. The van der Waals surface area contributed by atoms with E-state index in [0.29, 0.717) is 28.2 Å². The van der Waals surface area contributed by atoms with Gasteiger partial charge < -0.3 is 9.45 Å². The molecule has 37 heavy (non-hydrogen) atoms. The van der Waals surface area contributed by atoms with Crippen LogP contribution in [0.3, 0.4) is 0 Å². The van der Waals surface area contributed by atoms with Crippen LogP contribution in [0.4, 0.5) is 16.5 Å². The van der Waals surface area contributed by atoms with Gasteiger partial charge in [0.1, 0.15) is 5.15 Å². The summed E-state index contributed by atoms with van der Waals surface area (Å²) in [5.41, 5.74) is 2.06. The van der Waals surface area contributed by atoms with Crippen LogP contribution in [-0.4, -0.2) is 49.2 Å². The molecule has 0 radical (unpaired) electrons. The Morgan fingerprint density at radius 1 is 1.08 bits per heavy atom. The SMILES string of the molecule is CCN(CCOS(=O)(=O)[O-])c1ccc(/N=N/c2nc(Cl)c(C=C3C(=O)c4ccccc4C3=O)s2)cc1.[Na+]. The molecule has 10 nitrogen and oxygen atoms in total. The van der Waals surface area contributed by atoms with Crippen molar-refractivity contribution in [2.24, 2.45) is 10.2 Å². The van der Waals surface area contributed by atoms with Crippen molar-refractivity contribution in [3.8, 4) is 0 Å². The van der Waals surface area contributed by atoms with Crippen LogP contribution < -0.4 is 34.5 Å². The van der Waals surface area contributed by atoms with E-state index in [0.717, 1.165) is 17.0 Å². The predicted molar refractivity (Wildman–Crippen MR) is 134 cm³/mol. The molecule has 14 heteroatoms. The molecule has 2 aromatic carbocycles. The number of azo groups is 1. The number of halogens is 1. The zero-order valence-electron chi connectivity index (χ0n) is 19.8. The van der Waals surface area contributed by atoms with Gasteiger partial charge in [-0.25, -0.2) is 13.4 Å². The number of carbonyl (C=O) groups excluding carboxylic acids is 2. The zero-order valence-corrected chi connectivity index (χ0v) is 24.1. The van der Waals surface area contributed by atoms with Gasteiger partial charge in [0.05, 0.1) is 22.7 Å². The van der Waals surface area contributed by atoms with Gasteiger partial charge in [-0.2, -0.15) is 0 Å². The van der Waals surface area contributed by atoms with Gasteiger partial charge in [0.2, 0.25) is 15.5 Å². The van der Waals surface area contributed by atoms with Crippen molar-refractivity contribution in [2.75, 3.05) is 24.6 Å². The normalized spacial score (nSPS) is 13.1. The number of aromatic nitrogens is 1. The van der Waals surface area contributed by atoms with Crippen LogP contribution in [0.5, 0.6) is 0 Å². The van der Waals surface area contributed by atoms with Gasteiger partial charge in [-0.1, -0.05) is 47.2 Å². The molecule has 1 aliphatic rings. The van der Waals surface area contributed by atoms with Crippen molar-refractivity contribution < 1.29 is 56.3 Å². The summed E-state index contributed by atoms with van der Waals surface area (Å²) in [5, 5.41) is 8.59. The number of Topliss-reactive ketones (excluding diaryl/α,β-unsaturated/α-hetero) is 2. The first-order chi connectivity index (χ1) is 17.2. The summed E-state index contributed by atoms with van der Waals surface area (Å²) >= 11 is 7.30. The number of rotatable bonds is 9. The molecule has 0 fully saturated rings. The molecule has 0 aliphatic heterocycles. The molecule has 1 heterocycles. The molecule has 0 spiro atoms. The van der Waals surface area contributed by atoms with Crippen LogP contribution in [0.15, 0.2) is 64.3 Å². The second-order valence-corrected chi connectivity index (χ2v) is 9.86. The van der Waals surface area contributed by atoms with E-state index >= 15 is 0 Å². The molecule has 0 bridgehead atoms. The van der Waals surface area contributed by atoms with Gasteiger partial charge in [0.15, 0.2) is 11.6 Å². The first kappa shape index (κ1) is 29.3. The molecule has 0 amide bonds. The monoisotopic (exact) mass is 568 g/mol. The van der Waals surface area contributed by atoms with Gasteiger partial charge in [0, 0.05) is 29.9 Å². The van der Waals surface area contributed by atoms with E-state index < -0.39 is 10.4 Å². The fourth-order valence-corrected chi connectivity index (χ4v) is 4.82. The number of likely N-dealkylation sites (N-methyl/N-ethyl adjacent to an activating group) is 1. The van der Waals surface area contributed by atoms with Crippen LogP contribution in [0, 0.1) is 0 Å². The minimum Gasteiger partial charge on any atom is -0.726 e. The number of fused-ring (bicyclic) bond motifs is 1. The molecule has 0 saturated heterocycles. The molecule has 4 rings (SSSR count). The number of ketones is 2. The predicted octanol–water partition coefficient (Wildman–Crippen LogP) is 1.98. The van der Waals surface area contributed by atoms with Crippen LogP contribution in [0.1, 0.15) is 32.5 Å². The van der Waals surface area contributed by atoms with Crippen molar-refractivity contribution in [1.29, 1.82) is 0 Å². The van der Waals surface area contributed by atoms with Gasteiger partial charge in [-0.3, -0.25) is 13.8 Å². The number of thiazole rings is 1. The number of nitrogens with zero attached hydrogens (tertiary/aromatic N) is 4. The summed E-state index contributed by atoms with van der Waals surface area (Å²) in [6.45, 7) is 2.40. The summed E-state index contributed by atoms with van der Waals surface area (Å²) in [4.78, 5) is 31.6. The van der Waals surface area contributed by atoms with E-state index in [1.54, 1.807) is 48.5 Å². The van der Waals surface area contributed by atoms with Crippen molar-refractivity contribution in [3.05, 3.63) is 75.3 Å². The maximum Gasteiger partial charge on any atom is 1.00 e. The van der Waals surface area contributed by atoms with E-state index in [1.165, 1.54) is 6.08 Å². The Balaban J connectivity index is 0.00000380. The Hall–Kier alpha value is -2.29. The van der Waals surface area contributed by atoms with Gasteiger partial charge >= 0.3 is 29.6 Å². The fourth-order valence-electron chi connectivity index (χ4n) is 3.52. The third-order valence-corrected chi connectivity index (χ3v) is 6.96. The smallest absolute Gasteiger partial charge is 0.726 e. The largest absolute Gasteiger partial charge is 1.00 e. The van der Waals surface area contributed by atoms with Crippen molar-refractivity contribution in [3.63, 3.8) is 0 Å². The first-order valence-electron chi connectivity index (χ1n) is 10.6. The topological polar surface area (TPSA) is 141 Å². The standard InChI is InChI=1S/C23H19ClN4O6S2.Na/c1-2-28(11-12-34-36(31,32)33)15-9-7-14(8-10-15)26-27-23-25-22(24)19(35-23)13-18-20(29)16-5-3-4-6-17(16)21(18)30;/h3-10,13H,2,11-12H2,1H3,(H,31,32,33);/q;+1/p-1/b27-26+;. The summed E-state index contributed by atoms with van der Waals surface area (Å²) in [6, 6.07) is 13.6. The minimum absolute atomic E-state index is 0. The number of anilines is 1. The number of hydrogen-bond donors (Lipinski definition) is 0. The molecule has 0 unspecified atom stereocenters. The second kappa shape index (κ2) is 12.5. The molecule has 186 valence electrons. The van der Waals surface area contributed by atoms with Gasteiger partial charge in [-0.15, -0.1) is 10.2 Å². The van der Waals surface area contributed by atoms with Crippen LogP contribution in [0.2, 0.25) is 5.15 Å². The molecule has 3 aromatic rings. The molecule has 1 aliphatic carbocycles. The number of allylic oxidation sites excluding steroid dienone is 1. The quantitative estimate of drug-likeness (QED) is 0.0952. The van der Waals surface area contributed by atoms with E-state index in [9.17, 15) is 22.6 Å². The second-order valence-electron chi connectivity index (χ2n) is 7.44. The Morgan fingerprint density at radius 3 is 2.27 bits per heavy atom. The Labute approximate surface area is 244 Å². The summed E-state index contributed by atoms with van der Waals surface area (Å²) < 4.78 is 36.0. The Kier molecular flexibility index (Phi) is 9.89. The van der Waals surface area contributed by atoms with E-state index in [-0.39, 0.29) is 70.1 Å². The number of hydrogen-bond acceptors (Lipinski definition) is 11. The molecular formula is C23H18ClN4NaO6S2. The molecule has 0 saturated carbocycles. The average molecular weight is 569 g/mol. The van der Waals surface area contributed by atoms with E-state index in [2.05, 4.69) is 19.4 Å². The van der Waals surface area contributed by atoms with Crippen molar-refractivity contribution >= 4 is 67.5 Å². The van der Waals surface area contributed by atoms with Gasteiger partial charge in [0.25, 0.3) is 0 Å². The average Bonchev–Trinajstić information content (AvgIpc) is 3.32. The summed E-state index contributed by atoms with van der Waals surface area (Å²) in [5.74, 6) is -0.712. The van der Waals surface area contributed by atoms with Crippen molar-refractivity contribution in [1.82, 2.24) is 4.98 Å². The van der Waals surface area contributed by atoms with Crippen LogP contribution in [-0.2, 0) is 14.6 Å². The Bertz CT molecular complexity index is 1450. The van der Waals surface area contributed by atoms with Crippen LogP contribution in [0.25, 0.3) is 6.08 Å². The maximum atomic E-state index is 12.6. The molecule has 0 atom stereocenters. The zero-order chi connectivity index (χ0) is 25.9. The minimum atomic E-state index is -4.73. The fraction of sp³-hybridized carbons (Fsp3) is 0.174. The summed E-state index contributed by atoms with van der Waals surface area (Å²) in [6.07, 6.45) is 1.43. The van der Waals surface area contributed by atoms with Crippen LogP contribution >= 0.6 is 22.9 Å².